The van der Waals surface area contributed by atoms with Crippen molar-refractivity contribution in [2.45, 2.75) is 51.0 Å². The number of aliphatic hydroxyl groups excluding tert-OH is 1. The molecule has 0 saturated carbocycles. The predicted octanol–water partition coefficient (Wildman–Crippen LogP) is 3.25. The minimum Gasteiger partial charge on any atom is -0.388 e. The highest BCUT2D eigenvalue weighted by Gasteiger charge is 2.28. The Bertz CT molecular complexity index is 990. The molecule has 1 aliphatic heterocycles. The van der Waals surface area contributed by atoms with Crippen molar-refractivity contribution in [2.24, 2.45) is 5.92 Å². The summed E-state index contributed by atoms with van der Waals surface area (Å²) in [6.45, 7) is 6.74. The van der Waals surface area contributed by atoms with E-state index >= 15 is 0 Å². The molecule has 7 heteroatoms. The van der Waals surface area contributed by atoms with E-state index in [9.17, 15) is 18.3 Å². The summed E-state index contributed by atoms with van der Waals surface area (Å²) in [5.74, 6) is 0.0603. The molecule has 1 heterocycles. The Morgan fingerprint density at radius 3 is 2.26 bits per heavy atom. The molecule has 2 N–H and O–H groups in total. The molecule has 1 fully saturated rings. The summed E-state index contributed by atoms with van der Waals surface area (Å²) in [4.78, 5) is 14.6. The Hall–Kier alpha value is -2.22. The SMILES string of the molecule is Cc1cc(C)c(S(=O)(=O)NCCC(=O)N2CCC(C(O)c3ccccc3)CC2)c(C)c1. The van der Waals surface area contributed by atoms with Crippen LogP contribution in [0.25, 0.3) is 0 Å². The predicted molar refractivity (Wildman–Crippen MR) is 121 cm³/mol. The van der Waals surface area contributed by atoms with E-state index in [1.165, 1.54) is 0 Å². The van der Waals surface area contributed by atoms with Gasteiger partial charge in [0.2, 0.25) is 15.9 Å². The molecule has 1 saturated heterocycles. The van der Waals surface area contributed by atoms with E-state index in [4.69, 9.17) is 0 Å². The summed E-state index contributed by atoms with van der Waals surface area (Å²) in [6, 6.07) is 13.3. The first-order valence-electron chi connectivity index (χ1n) is 10.8. The van der Waals surface area contributed by atoms with Gasteiger partial charge in [-0.2, -0.15) is 0 Å². The average molecular weight is 445 g/mol. The molecule has 0 aromatic heterocycles. The second-order valence-corrected chi connectivity index (χ2v) is 10.2. The van der Waals surface area contributed by atoms with Gasteiger partial charge >= 0.3 is 0 Å². The van der Waals surface area contributed by atoms with Crippen LogP contribution in [0.15, 0.2) is 47.4 Å². The van der Waals surface area contributed by atoms with Gasteiger partial charge in [0.15, 0.2) is 0 Å². The van der Waals surface area contributed by atoms with Crippen LogP contribution in [0, 0.1) is 26.7 Å². The summed E-state index contributed by atoms with van der Waals surface area (Å²) in [5.41, 5.74) is 3.33. The number of nitrogens with zero attached hydrogens (tertiary/aromatic N) is 1. The summed E-state index contributed by atoms with van der Waals surface area (Å²) in [5, 5.41) is 10.6. The molecule has 1 aliphatic rings. The molecule has 2 aromatic rings. The van der Waals surface area contributed by atoms with Gasteiger partial charge in [-0.1, -0.05) is 48.0 Å². The van der Waals surface area contributed by atoms with Crippen molar-refractivity contribution in [3.63, 3.8) is 0 Å². The summed E-state index contributed by atoms with van der Waals surface area (Å²) in [6.07, 6.45) is 1.06. The van der Waals surface area contributed by atoms with E-state index in [-0.39, 0.29) is 24.8 Å². The fraction of sp³-hybridized carbons (Fsp3) is 0.458. The fourth-order valence-electron chi connectivity index (χ4n) is 4.50. The molecular formula is C24H32N2O4S. The van der Waals surface area contributed by atoms with Crippen LogP contribution in [0.3, 0.4) is 0 Å². The summed E-state index contributed by atoms with van der Waals surface area (Å²) >= 11 is 0. The van der Waals surface area contributed by atoms with Crippen molar-refractivity contribution >= 4 is 15.9 Å². The average Bonchev–Trinajstić information content (AvgIpc) is 2.72. The summed E-state index contributed by atoms with van der Waals surface area (Å²) in [7, 11) is -3.67. The Labute approximate surface area is 185 Å². The highest BCUT2D eigenvalue weighted by atomic mass is 32.2. The van der Waals surface area contributed by atoms with Crippen LogP contribution in [0.2, 0.25) is 0 Å². The lowest BCUT2D eigenvalue weighted by Crippen LogP contribution is -2.41. The number of rotatable bonds is 7. The maximum Gasteiger partial charge on any atom is 0.241 e. The standard InChI is InChI=1S/C24H32N2O4S/c1-17-15-18(2)24(19(3)16-17)31(29,30)25-12-9-22(27)26-13-10-21(11-14-26)23(28)20-7-5-4-6-8-20/h4-8,15-16,21,23,25,28H,9-14H2,1-3H3. The maximum absolute atomic E-state index is 12.7. The maximum atomic E-state index is 12.7. The quantitative estimate of drug-likeness (QED) is 0.686. The fourth-order valence-corrected chi connectivity index (χ4v) is 5.98. The lowest BCUT2D eigenvalue weighted by Gasteiger charge is -2.34. The van der Waals surface area contributed by atoms with Gasteiger partial charge in [0.05, 0.1) is 11.0 Å². The smallest absolute Gasteiger partial charge is 0.241 e. The van der Waals surface area contributed by atoms with Crippen LogP contribution in [0.4, 0.5) is 0 Å². The van der Waals surface area contributed by atoms with Gasteiger partial charge in [0, 0.05) is 26.1 Å². The minimum absolute atomic E-state index is 0.0623. The highest BCUT2D eigenvalue weighted by Crippen LogP contribution is 2.30. The van der Waals surface area contributed by atoms with E-state index in [1.54, 1.807) is 18.7 Å². The molecule has 168 valence electrons. The third kappa shape index (κ3) is 5.73. The number of piperidine rings is 1. The van der Waals surface area contributed by atoms with Gasteiger partial charge in [-0.05, 0) is 56.2 Å². The third-order valence-electron chi connectivity index (χ3n) is 5.98. The zero-order valence-electron chi connectivity index (χ0n) is 18.5. The van der Waals surface area contributed by atoms with Gasteiger partial charge < -0.3 is 10.0 Å². The van der Waals surface area contributed by atoms with Crippen molar-refractivity contribution in [1.82, 2.24) is 9.62 Å². The number of aliphatic hydroxyl groups is 1. The van der Waals surface area contributed by atoms with Crippen molar-refractivity contribution < 1.29 is 18.3 Å². The number of carbonyl (C=O) groups is 1. The number of sulfonamides is 1. The number of hydrogen-bond acceptors (Lipinski definition) is 4. The lowest BCUT2D eigenvalue weighted by atomic mass is 9.87. The number of carbonyl (C=O) groups excluding carboxylic acids is 1. The molecule has 1 atom stereocenters. The molecule has 31 heavy (non-hydrogen) atoms. The number of likely N-dealkylation sites (tertiary alicyclic amines) is 1. The Kier molecular flexibility index (Phi) is 7.51. The topological polar surface area (TPSA) is 86.7 Å². The van der Waals surface area contributed by atoms with Gasteiger partial charge in [-0.25, -0.2) is 13.1 Å². The number of aryl methyl sites for hydroxylation is 3. The highest BCUT2D eigenvalue weighted by molar-refractivity contribution is 7.89. The second kappa shape index (κ2) is 9.94. The van der Waals surface area contributed by atoms with Gasteiger partial charge in [-0.3, -0.25) is 4.79 Å². The first-order chi connectivity index (χ1) is 14.7. The Morgan fingerprint density at radius 2 is 1.68 bits per heavy atom. The molecule has 1 amide bonds. The Morgan fingerprint density at radius 1 is 1.10 bits per heavy atom. The first kappa shape index (κ1) is 23.4. The zero-order chi connectivity index (χ0) is 22.6. The van der Waals surface area contributed by atoms with Crippen LogP contribution in [-0.4, -0.2) is 44.0 Å². The Balaban J connectivity index is 1.50. The largest absolute Gasteiger partial charge is 0.388 e. The van der Waals surface area contributed by atoms with Crippen molar-refractivity contribution in [1.29, 1.82) is 0 Å². The van der Waals surface area contributed by atoms with Crippen molar-refractivity contribution in [2.75, 3.05) is 19.6 Å². The third-order valence-corrected chi connectivity index (χ3v) is 7.75. The van der Waals surface area contributed by atoms with E-state index in [1.807, 2.05) is 49.4 Å². The molecule has 6 nitrogen and oxygen atoms in total. The van der Waals surface area contributed by atoms with Gasteiger partial charge in [0.1, 0.15) is 0 Å². The van der Waals surface area contributed by atoms with E-state index < -0.39 is 16.1 Å². The molecule has 1 unspecified atom stereocenters. The molecule has 3 rings (SSSR count). The van der Waals surface area contributed by atoms with Crippen LogP contribution in [-0.2, 0) is 14.8 Å². The summed E-state index contributed by atoms with van der Waals surface area (Å²) < 4.78 is 28.0. The van der Waals surface area contributed by atoms with E-state index in [0.29, 0.717) is 29.1 Å². The number of amides is 1. The van der Waals surface area contributed by atoms with E-state index in [0.717, 1.165) is 24.0 Å². The van der Waals surface area contributed by atoms with Crippen LogP contribution < -0.4 is 4.72 Å². The van der Waals surface area contributed by atoms with Crippen LogP contribution in [0.1, 0.15) is 47.6 Å². The monoisotopic (exact) mass is 444 g/mol. The van der Waals surface area contributed by atoms with Gasteiger partial charge in [-0.15, -0.1) is 0 Å². The molecular weight excluding hydrogens is 412 g/mol. The number of benzene rings is 2. The van der Waals surface area contributed by atoms with Crippen molar-refractivity contribution in [3.8, 4) is 0 Å². The number of nitrogens with one attached hydrogen (secondary N) is 1. The lowest BCUT2D eigenvalue weighted by molar-refractivity contribution is -0.133. The van der Waals surface area contributed by atoms with Gasteiger partial charge in [0.25, 0.3) is 0 Å². The zero-order valence-corrected chi connectivity index (χ0v) is 19.3. The van der Waals surface area contributed by atoms with E-state index in [2.05, 4.69) is 4.72 Å². The normalized spacial score (nSPS) is 16.3. The molecule has 0 bridgehead atoms. The minimum atomic E-state index is -3.67. The molecule has 0 spiro atoms. The van der Waals surface area contributed by atoms with Crippen LogP contribution >= 0.6 is 0 Å². The molecule has 2 aromatic carbocycles. The second-order valence-electron chi connectivity index (χ2n) is 8.45. The molecule has 0 radical (unpaired) electrons. The van der Waals surface area contributed by atoms with Crippen molar-refractivity contribution in [3.05, 3.63) is 64.7 Å². The number of hydrogen-bond donors (Lipinski definition) is 2. The van der Waals surface area contributed by atoms with Crippen LogP contribution in [0.5, 0.6) is 0 Å². The molecule has 0 aliphatic carbocycles. The first-order valence-corrected chi connectivity index (χ1v) is 12.3.